The van der Waals surface area contributed by atoms with Gasteiger partial charge in [-0.15, -0.1) is 0 Å². The molecule has 0 radical (unpaired) electrons. The van der Waals surface area contributed by atoms with Gasteiger partial charge in [0.2, 0.25) is 9.84 Å². The number of phenolic OH excluding ortho intramolecular Hbond substituents is 2. The van der Waals surface area contributed by atoms with Crippen LogP contribution in [0.1, 0.15) is 11.1 Å². The van der Waals surface area contributed by atoms with Crippen molar-refractivity contribution in [1.82, 2.24) is 0 Å². The Labute approximate surface area is 111 Å². The normalized spacial score (nSPS) is 11.5. The van der Waals surface area contributed by atoms with E-state index < -0.39 is 9.84 Å². The van der Waals surface area contributed by atoms with Crippen LogP contribution in [-0.2, 0) is 9.84 Å². The average molecular weight is 278 g/mol. The molecule has 0 amide bonds. The molecule has 0 fully saturated rings. The summed E-state index contributed by atoms with van der Waals surface area (Å²) >= 11 is 0. The van der Waals surface area contributed by atoms with Gasteiger partial charge in [0.15, 0.2) is 0 Å². The van der Waals surface area contributed by atoms with Crippen molar-refractivity contribution < 1.29 is 18.6 Å². The highest BCUT2D eigenvalue weighted by Gasteiger charge is 2.21. The van der Waals surface area contributed by atoms with E-state index in [1.165, 1.54) is 36.4 Å². The van der Waals surface area contributed by atoms with E-state index in [0.29, 0.717) is 11.1 Å². The van der Waals surface area contributed by atoms with Gasteiger partial charge >= 0.3 is 0 Å². The maximum absolute atomic E-state index is 12.5. The third kappa shape index (κ3) is 2.42. The van der Waals surface area contributed by atoms with Crippen LogP contribution in [0.15, 0.2) is 46.2 Å². The minimum absolute atomic E-state index is 0.00256. The first-order valence-electron chi connectivity index (χ1n) is 5.66. The zero-order valence-electron chi connectivity index (χ0n) is 10.6. The number of rotatable bonds is 2. The fourth-order valence-electron chi connectivity index (χ4n) is 1.84. The predicted molar refractivity (Wildman–Crippen MR) is 71.1 cm³/mol. The summed E-state index contributed by atoms with van der Waals surface area (Å²) in [5, 5.41) is 18.8. The largest absolute Gasteiger partial charge is 0.508 e. The van der Waals surface area contributed by atoms with Crippen molar-refractivity contribution in [2.24, 2.45) is 0 Å². The molecule has 0 bridgehead atoms. The maximum atomic E-state index is 12.5. The average Bonchev–Trinajstić information content (AvgIpc) is 2.34. The van der Waals surface area contributed by atoms with Crippen molar-refractivity contribution in [1.29, 1.82) is 0 Å². The molecule has 0 aliphatic heterocycles. The lowest BCUT2D eigenvalue weighted by atomic mass is 10.1. The van der Waals surface area contributed by atoms with E-state index in [1.54, 1.807) is 13.8 Å². The van der Waals surface area contributed by atoms with Crippen molar-refractivity contribution in [3.05, 3.63) is 47.5 Å². The minimum Gasteiger partial charge on any atom is -0.508 e. The van der Waals surface area contributed by atoms with E-state index in [-0.39, 0.29) is 21.3 Å². The Morgan fingerprint density at radius 3 is 2.05 bits per heavy atom. The molecular weight excluding hydrogens is 264 g/mol. The van der Waals surface area contributed by atoms with Gasteiger partial charge in [-0.05, 0) is 61.4 Å². The van der Waals surface area contributed by atoms with Crippen molar-refractivity contribution in [3.8, 4) is 11.5 Å². The van der Waals surface area contributed by atoms with Crippen LogP contribution in [0.3, 0.4) is 0 Å². The minimum atomic E-state index is -3.70. The molecule has 2 aromatic rings. The first-order chi connectivity index (χ1) is 8.82. The Balaban J connectivity index is 2.66. The molecule has 0 aliphatic rings. The summed E-state index contributed by atoms with van der Waals surface area (Å²) in [7, 11) is -3.70. The smallest absolute Gasteiger partial charge is 0.207 e. The van der Waals surface area contributed by atoms with Gasteiger partial charge in [0, 0.05) is 0 Å². The number of sulfone groups is 1. The lowest BCUT2D eigenvalue weighted by Crippen LogP contribution is -2.05. The second-order valence-electron chi connectivity index (χ2n) is 4.38. The van der Waals surface area contributed by atoms with Crippen LogP contribution in [0.5, 0.6) is 11.5 Å². The summed E-state index contributed by atoms with van der Waals surface area (Å²) in [4.78, 5) is 0.161. The lowest BCUT2D eigenvalue weighted by molar-refractivity contribution is 0.472. The summed E-state index contributed by atoms with van der Waals surface area (Å²) < 4.78 is 25.0. The van der Waals surface area contributed by atoms with Crippen LogP contribution in [0.2, 0.25) is 0 Å². The highest BCUT2D eigenvalue weighted by atomic mass is 32.2. The number of aromatic hydroxyl groups is 2. The molecule has 0 aromatic heterocycles. The van der Waals surface area contributed by atoms with E-state index in [1.807, 2.05) is 0 Å². The summed E-state index contributed by atoms with van der Waals surface area (Å²) in [6, 6.07) is 8.07. The summed E-state index contributed by atoms with van der Waals surface area (Å²) in [5.74, 6) is -0.0804. The second kappa shape index (κ2) is 4.59. The first-order valence-corrected chi connectivity index (χ1v) is 7.15. The monoisotopic (exact) mass is 278 g/mol. The van der Waals surface area contributed by atoms with Gasteiger partial charge in [0.1, 0.15) is 11.5 Å². The maximum Gasteiger partial charge on any atom is 0.207 e. The van der Waals surface area contributed by atoms with E-state index in [2.05, 4.69) is 0 Å². The van der Waals surface area contributed by atoms with Gasteiger partial charge in [-0.3, -0.25) is 0 Å². The third-order valence-corrected chi connectivity index (χ3v) is 4.94. The summed E-state index contributed by atoms with van der Waals surface area (Å²) in [6.07, 6.45) is 0. The van der Waals surface area contributed by atoms with Crippen molar-refractivity contribution >= 4 is 9.84 Å². The second-order valence-corrected chi connectivity index (χ2v) is 6.30. The molecule has 0 heterocycles. The third-order valence-electron chi connectivity index (χ3n) is 3.04. The van der Waals surface area contributed by atoms with Gasteiger partial charge in [0.05, 0.1) is 9.79 Å². The van der Waals surface area contributed by atoms with E-state index in [0.717, 1.165) is 0 Å². The molecular formula is C14H14O4S. The standard InChI is InChI=1S/C14H14O4S/c1-9-7-12(16)8-14(10(9)2)19(17,18)13-5-3-11(15)4-6-13/h3-8,15-16H,1-2H3. The van der Waals surface area contributed by atoms with Crippen molar-refractivity contribution in [2.45, 2.75) is 23.6 Å². The molecule has 0 saturated carbocycles. The Morgan fingerprint density at radius 1 is 0.895 bits per heavy atom. The van der Waals surface area contributed by atoms with Gasteiger partial charge in [-0.25, -0.2) is 8.42 Å². The van der Waals surface area contributed by atoms with Gasteiger partial charge in [-0.2, -0.15) is 0 Å². The number of hydrogen-bond donors (Lipinski definition) is 2. The van der Waals surface area contributed by atoms with Crippen LogP contribution in [0.25, 0.3) is 0 Å². The Hall–Kier alpha value is -2.01. The predicted octanol–water partition coefficient (Wildman–Crippen LogP) is 2.55. The Bertz CT molecular complexity index is 716. The topological polar surface area (TPSA) is 74.6 Å². The van der Waals surface area contributed by atoms with Crippen LogP contribution >= 0.6 is 0 Å². The number of aryl methyl sites for hydroxylation is 1. The summed E-state index contributed by atoms with van der Waals surface area (Å²) in [6.45, 7) is 3.44. The molecule has 2 N–H and O–H groups in total. The fourth-order valence-corrected chi connectivity index (χ4v) is 3.43. The van der Waals surface area contributed by atoms with Gasteiger partial charge in [-0.1, -0.05) is 0 Å². The van der Waals surface area contributed by atoms with Crippen LogP contribution in [0, 0.1) is 13.8 Å². The molecule has 0 unspecified atom stereocenters. The quantitative estimate of drug-likeness (QED) is 0.885. The molecule has 0 aliphatic carbocycles. The molecule has 0 saturated heterocycles. The zero-order valence-corrected chi connectivity index (χ0v) is 11.4. The Kier molecular flexibility index (Phi) is 3.24. The number of hydrogen-bond acceptors (Lipinski definition) is 4. The molecule has 4 nitrogen and oxygen atoms in total. The van der Waals surface area contributed by atoms with Crippen LogP contribution < -0.4 is 0 Å². The van der Waals surface area contributed by atoms with Crippen molar-refractivity contribution in [2.75, 3.05) is 0 Å². The fraction of sp³-hybridized carbons (Fsp3) is 0.143. The van der Waals surface area contributed by atoms with Gasteiger partial charge in [0.25, 0.3) is 0 Å². The lowest BCUT2D eigenvalue weighted by Gasteiger charge is -2.11. The molecule has 19 heavy (non-hydrogen) atoms. The van der Waals surface area contributed by atoms with E-state index in [9.17, 15) is 18.6 Å². The van der Waals surface area contributed by atoms with E-state index in [4.69, 9.17) is 0 Å². The summed E-state index contributed by atoms with van der Waals surface area (Å²) in [5.41, 5.74) is 1.31. The molecule has 0 spiro atoms. The Morgan fingerprint density at radius 2 is 1.47 bits per heavy atom. The number of phenols is 2. The van der Waals surface area contributed by atoms with Crippen LogP contribution in [-0.4, -0.2) is 18.6 Å². The molecule has 0 atom stereocenters. The van der Waals surface area contributed by atoms with E-state index >= 15 is 0 Å². The zero-order chi connectivity index (χ0) is 14.2. The SMILES string of the molecule is Cc1cc(O)cc(S(=O)(=O)c2ccc(O)cc2)c1C. The van der Waals surface area contributed by atoms with Crippen LogP contribution in [0.4, 0.5) is 0 Å². The highest BCUT2D eigenvalue weighted by molar-refractivity contribution is 7.91. The molecule has 2 rings (SSSR count). The molecule has 100 valence electrons. The molecule has 2 aromatic carbocycles. The molecule has 5 heteroatoms. The van der Waals surface area contributed by atoms with Crippen molar-refractivity contribution in [3.63, 3.8) is 0 Å². The first kappa shape index (κ1) is 13.4. The highest BCUT2D eigenvalue weighted by Crippen LogP contribution is 2.29. The van der Waals surface area contributed by atoms with Gasteiger partial charge < -0.3 is 10.2 Å². The number of benzene rings is 2.